The van der Waals surface area contributed by atoms with Crippen molar-refractivity contribution in [2.75, 3.05) is 6.61 Å². The lowest BCUT2D eigenvalue weighted by Crippen LogP contribution is -2.21. The number of benzene rings is 2. The van der Waals surface area contributed by atoms with Crippen molar-refractivity contribution in [3.63, 3.8) is 0 Å². The SMILES string of the molecule is CCOCc1c(-c2ccccc2)n(C)c(=O)c2ccc(C)cc12. The maximum Gasteiger partial charge on any atom is 0.258 e. The van der Waals surface area contributed by atoms with E-state index in [0.29, 0.717) is 13.2 Å². The fourth-order valence-corrected chi connectivity index (χ4v) is 3.02. The quantitative estimate of drug-likeness (QED) is 0.728. The molecule has 0 aliphatic carbocycles. The van der Waals surface area contributed by atoms with Crippen molar-refractivity contribution in [1.29, 1.82) is 0 Å². The third-order valence-corrected chi connectivity index (χ3v) is 4.15. The molecule has 23 heavy (non-hydrogen) atoms. The van der Waals surface area contributed by atoms with Crippen LogP contribution in [0.5, 0.6) is 0 Å². The van der Waals surface area contributed by atoms with E-state index in [1.807, 2.05) is 63.4 Å². The van der Waals surface area contributed by atoms with Gasteiger partial charge in [-0.25, -0.2) is 0 Å². The van der Waals surface area contributed by atoms with Gasteiger partial charge in [-0.15, -0.1) is 0 Å². The number of hydrogen-bond acceptors (Lipinski definition) is 2. The van der Waals surface area contributed by atoms with E-state index in [-0.39, 0.29) is 5.56 Å². The van der Waals surface area contributed by atoms with Crippen LogP contribution in [0, 0.1) is 6.92 Å². The molecule has 3 aromatic rings. The molecule has 3 rings (SSSR count). The maximum atomic E-state index is 12.8. The first kappa shape index (κ1) is 15.5. The van der Waals surface area contributed by atoms with Crippen LogP contribution in [-0.4, -0.2) is 11.2 Å². The van der Waals surface area contributed by atoms with Crippen molar-refractivity contribution in [1.82, 2.24) is 4.57 Å². The summed E-state index contributed by atoms with van der Waals surface area (Å²) in [7, 11) is 1.83. The second-order valence-electron chi connectivity index (χ2n) is 5.74. The zero-order valence-corrected chi connectivity index (χ0v) is 13.8. The average molecular weight is 307 g/mol. The molecule has 118 valence electrons. The summed E-state index contributed by atoms with van der Waals surface area (Å²) in [5, 5.41) is 1.73. The minimum Gasteiger partial charge on any atom is -0.377 e. The van der Waals surface area contributed by atoms with Gasteiger partial charge < -0.3 is 9.30 Å². The summed E-state index contributed by atoms with van der Waals surface area (Å²) in [4.78, 5) is 12.8. The summed E-state index contributed by atoms with van der Waals surface area (Å²) >= 11 is 0. The van der Waals surface area contributed by atoms with Crippen LogP contribution in [0.2, 0.25) is 0 Å². The topological polar surface area (TPSA) is 31.2 Å². The highest BCUT2D eigenvalue weighted by molar-refractivity contribution is 5.90. The van der Waals surface area contributed by atoms with Gasteiger partial charge in [-0.1, -0.05) is 48.0 Å². The van der Waals surface area contributed by atoms with E-state index in [9.17, 15) is 4.79 Å². The van der Waals surface area contributed by atoms with Gasteiger partial charge in [0.05, 0.1) is 12.3 Å². The Labute approximate surface area is 136 Å². The standard InChI is InChI=1S/C20H21NO2/c1-4-23-13-18-17-12-14(2)10-11-16(17)20(22)21(3)19(18)15-8-6-5-7-9-15/h5-12H,4,13H2,1-3H3. The molecule has 3 heteroatoms. The van der Waals surface area contributed by atoms with Crippen molar-refractivity contribution in [2.24, 2.45) is 7.05 Å². The molecule has 0 bridgehead atoms. The molecule has 0 spiro atoms. The van der Waals surface area contributed by atoms with Crippen LogP contribution in [0.3, 0.4) is 0 Å². The van der Waals surface area contributed by atoms with Gasteiger partial charge >= 0.3 is 0 Å². The Morgan fingerprint density at radius 1 is 1.04 bits per heavy atom. The monoisotopic (exact) mass is 307 g/mol. The van der Waals surface area contributed by atoms with Crippen LogP contribution in [0.1, 0.15) is 18.1 Å². The third kappa shape index (κ3) is 2.80. The molecule has 1 heterocycles. The van der Waals surface area contributed by atoms with Gasteiger partial charge in [0.15, 0.2) is 0 Å². The molecule has 0 fully saturated rings. The van der Waals surface area contributed by atoms with Crippen LogP contribution in [-0.2, 0) is 18.4 Å². The molecule has 0 saturated heterocycles. The Morgan fingerprint density at radius 3 is 2.48 bits per heavy atom. The zero-order valence-electron chi connectivity index (χ0n) is 13.8. The molecule has 1 aromatic heterocycles. The summed E-state index contributed by atoms with van der Waals surface area (Å²) in [5.41, 5.74) is 4.20. The molecule has 0 aliphatic heterocycles. The van der Waals surface area contributed by atoms with E-state index in [1.165, 1.54) is 0 Å². The number of nitrogens with zero attached hydrogens (tertiary/aromatic N) is 1. The number of aryl methyl sites for hydroxylation is 1. The van der Waals surface area contributed by atoms with E-state index < -0.39 is 0 Å². The van der Waals surface area contributed by atoms with Gasteiger partial charge in [-0.05, 0) is 30.9 Å². The van der Waals surface area contributed by atoms with Gasteiger partial charge in [0.2, 0.25) is 0 Å². The molecule has 0 radical (unpaired) electrons. The van der Waals surface area contributed by atoms with Crippen LogP contribution >= 0.6 is 0 Å². The van der Waals surface area contributed by atoms with Crippen LogP contribution in [0.4, 0.5) is 0 Å². The molecule has 2 aromatic carbocycles. The molecule has 0 N–H and O–H groups in total. The van der Waals surface area contributed by atoms with Gasteiger partial charge in [0.1, 0.15) is 0 Å². The number of ether oxygens (including phenoxy) is 1. The molecule has 0 atom stereocenters. The van der Waals surface area contributed by atoms with Crippen LogP contribution in [0.15, 0.2) is 53.3 Å². The highest BCUT2D eigenvalue weighted by Gasteiger charge is 2.16. The third-order valence-electron chi connectivity index (χ3n) is 4.15. The number of rotatable bonds is 4. The Bertz CT molecular complexity index is 895. The molecule has 0 unspecified atom stereocenters. The summed E-state index contributed by atoms with van der Waals surface area (Å²) < 4.78 is 7.45. The van der Waals surface area contributed by atoms with E-state index >= 15 is 0 Å². The number of fused-ring (bicyclic) bond motifs is 1. The molecule has 0 aliphatic rings. The van der Waals surface area contributed by atoms with Crippen LogP contribution < -0.4 is 5.56 Å². The number of pyridine rings is 1. The van der Waals surface area contributed by atoms with Crippen molar-refractivity contribution in [3.8, 4) is 11.3 Å². The Balaban J connectivity index is 2.41. The Hall–Kier alpha value is -2.39. The summed E-state index contributed by atoms with van der Waals surface area (Å²) in [6.07, 6.45) is 0. The normalized spacial score (nSPS) is 11.1. The van der Waals surface area contributed by atoms with Crippen LogP contribution in [0.25, 0.3) is 22.0 Å². The van der Waals surface area contributed by atoms with Gasteiger partial charge in [0, 0.05) is 24.6 Å². The smallest absolute Gasteiger partial charge is 0.258 e. The highest BCUT2D eigenvalue weighted by Crippen LogP contribution is 2.29. The average Bonchev–Trinajstić information content (AvgIpc) is 2.57. The second-order valence-corrected chi connectivity index (χ2v) is 5.74. The fourth-order valence-electron chi connectivity index (χ4n) is 3.02. The summed E-state index contributed by atoms with van der Waals surface area (Å²) in [6, 6.07) is 16.0. The van der Waals surface area contributed by atoms with Crippen molar-refractivity contribution in [2.45, 2.75) is 20.5 Å². The van der Waals surface area contributed by atoms with E-state index in [0.717, 1.165) is 33.2 Å². The molecule has 0 saturated carbocycles. The predicted octanol–water partition coefficient (Wildman–Crippen LogP) is 4.05. The number of hydrogen-bond donors (Lipinski definition) is 0. The van der Waals surface area contributed by atoms with Gasteiger partial charge in [0.25, 0.3) is 5.56 Å². The lowest BCUT2D eigenvalue weighted by molar-refractivity contribution is 0.135. The minimum atomic E-state index is 0.0269. The second kappa shape index (κ2) is 6.39. The Morgan fingerprint density at radius 2 is 1.78 bits per heavy atom. The first-order valence-corrected chi connectivity index (χ1v) is 7.89. The molecular weight excluding hydrogens is 286 g/mol. The zero-order chi connectivity index (χ0) is 16.4. The van der Waals surface area contributed by atoms with E-state index in [4.69, 9.17) is 4.74 Å². The maximum absolute atomic E-state index is 12.8. The lowest BCUT2D eigenvalue weighted by Gasteiger charge is -2.18. The Kier molecular flexibility index (Phi) is 4.30. The first-order chi connectivity index (χ1) is 11.1. The number of aromatic nitrogens is 1. The molecule has 0 amide bonds. The van der Waals surface area contributed by atoms with Crippen molar-refractivity contribution < 1.29 is 4.74 Å². The van der Waals surface area contributed by atoms with E-state index in [1.54, 1.807) is 4.57 Å². The lowest BCUT2D eigenvalue weighted by atomic mass is 9.98. The predicted molar refractivity (Wildman–Crippen MR) is 94.7 cm³/mol. The molecular formula is C20H21NO2. The summed E-state index contributed by atoms with van der Waals surface area (Å²) in [5.74, 6) is 0. The minimum absolute atomic E-state index is 0.0269. The van der Waals surface area contributed by atoms with Crippen molar-refractivity contribution in [3.05, 3.63) is 70.0 Å². The summed E-state index contributed by atoms with van der Waals surface area (Å²) in [6.45, 7) is 5.17. The highest BCUT2D eigenvalue weighted by atomic mass is 16.5. The van der Waals surface area contributed by atoms with Crippen molar-refractivity contribution >= 4 is 10.8 Å². The first-order valence-electron chi connectivity index (χ1n) is 7.89. The fraction of sp³-hybridized carbons (Fsp3) is 0.250. The largest absolute Gasteiger partial charge is 0.377 e. The van der Waals surface area contributed by atoms with Gasteiger partial charge in [-0.3, -0.25) is 4.79 Å². The van der Waals surface area contributed by atoms with Gasteiger partial charge in [-0.2, -0.15) is 0 Å². The van der Waals surface area contributed by atoms with E-state index in [2.05, 4.69) is 6.07 Å². The molecule has 3 nitrogen and oxygen atoms in total.